The molecule has 0 unspecified atom stereocenters. The van der Waals surface area contributed by atoms with Crippen LogP contribution in [0, 0.1) is 10.1 Å². The van der Waals surface area contributed by atoms with E-state index in [1.54, 1.807) is 6.92 Å². The molecule has 0 amide bonds. The Morgan fingerprint density at radius 2 is 2.36 bits per heavy atom. The van der Waals surface area contributed by atoms with E-state index in [-0.39, 0.29) is 11.4 Å². The summed E-state index contributed by atoms with van der Waals surface area (Å²) >= 11 is 0. The van der Waals surface area contributed by atoms with Crippen LogP contribution in [-0.2, 0) is 0 Å². The molecule has 0 fully saturated rings. The van der Waals surface area contributed by atoms with Crippen molar-refractivity contribution in [3.8, 4) is 5.75 Å². The predicted octanol–water partition coefficient (Wildman–Crippen LogP) is 1.28. The average molecular weight is 197 g/mol. The minimum absolute atomic E-state index is 0.0640. The largest absolute Gasteiger partial charge is 0.487 e. The maximum Gasteiger partial charge on any atom is 0.311 e. The number of hydrogen-bond acceptors (Lipinski definition) is 5. The van der Waals surface area contributed by atoms with Crippen LogP contribution in [0.1, 0.15) is 6.92 Å². The van der Waals surface area contributed by atoms with Gasteiger partial charge in [-0.15, -0.1) is 0 Å². The molecule has 0 bridgehead atoms. The first kappa shape index (κ1) is 10.3. The Hall–Kier alpha value is -1.82. The molecule has 1 rings (SSSR count). The molecule has 14 heavy (non-hydrogen) atoms. The van der Waals surface area contributed by atoms with E-state index in [1.165, 1.54) is 18.2 Å². The number of hydrazine groups is 1. The van der Waals surface area contributed by atoms with Gasteiger partial charge in [0.15, 0.2) is 5.75 Å². The van der Waals surface area contributed by atoms with Gasteiger partial charge in [-0.3, -0.25) is 16.0 Å². The molecule has 76 valence electrons. The molecule has 0 atom stereocenters. The third-order valence-electron chi connectivity index (χ3n) is 1.62. The Morgan fingerprint density at radius 3 is 2.86 bits per heavy atom. The summed E-state index contributed by atoms with van der Waals surface area (Å²) in [5.74, 6) is 5.38. The molecule has 0 aliphatic rings. The molecule has 1 aromatic carbocycles. The molecule has 6 heteroatoms. The Labute approximate surface area is 80.8 Å². The van der Waals surface area contributed by atoms with E-state index in [1.807, 2.05) is 0 Å². The summed E-state index contributed by atoms with van der Waals surface area (Å²) in [6, 6.07) is 4.35. The third kappa shape index (κ3) is 2.11. The summed E-state index contributed by atoms with van der Waals surface area (Å²) in [5, 5.41) is 10.6. The number of nitro benzene ring substituents is 1. The quantitative estimate of drug-likeness (QED) is 0.431. The summed E-state index contributed by atoms with van der Waals surface area (Å²) < 4.78 is 5.10. The molecule has 1 aromatic rings. The van der Waals surface area contributed by atoms with Crippen LogP contribution >= 0.6 is 0 Å². The van der Waals surface area contributed by atoms with Crippen molar-refractivity contribution in [1.82, 2.24) is 0 Å². The van der Waals surface area contributed by atoms with Crippen molar-refractivity contribution in [1.29, 1.82) is 0 Å². The van der Waals surface area contributed by atoms with Crippen LogP contribution in [-0.4, -0.2) is 11.5 Å². The summed E-state index contributed by atoms with van der Waals surface area (Å²) in [4.78, 5) is 10.1. The third-order valence-corrected chi connectivity index (χ3v) is 1.62. The maximum atomic E-state index is 10.6. The number of rotatable bonds is 4. The lowest BCUT2D eigenvalue weighted by Gasteiger charge is -2.06. The fourth-order valence-electron chi connectivity index (χ4n) is 1.03. The molecule has 6 nitrogen and oxygen atoms in total. The van der Waals surface area contributed by atoms with Crippen molar-refractivity contribution in [2.45, 2.75) is 6.92 Å². The highest BCUT2D eigenvalue weighted by atomic mass is 16.6. The molecular weight excluding hydrogens is 186 g/mol. The van der Waals surface area contributed by atoms with Gasteiger partial charge in [-0.2, -0.15) is 0 Å². The highest BCUT2D eigenvalue weighted by molar-refractivity contribution is 5.57. The van der Waals surface area contributed by atoms with E-state index >= 15 is 0 Å². The normalized spacial score (nSPS) is 9.57. The lowest BCUT2D eigenvalue weighted by atomic mass is 10.2. The number of anilines is 1. The van der Waals surface area contributed by atoms with Gasteiger partial charge in [-0.1, -0.05) is 0 Å². The molecular formula is C8H11N3O3. The van der Waals surface area contributed by atoms with Crippen LogP contribution < -0.4 is 16.0 Å². The van der Waals surface area contributed by atoms with Crippen LogP contribution in [0.15, 0.2) is 18.2 Å². The fourth-order valence-corrected chi connectivity index (χ4v) is 1.03. The van der Waals surface area contributed by atoms with Crippen LogP contribution in [0.25, 0.3) is 0 Å². The number of hydrogen-bond donors (Lipinski definition) is 2. The highest BCUT2D eigenvalue weighted by Gasteiger charge is 2.14. The molecule has 0 saturated heterocycles. The van der Waals surface area contributed by atoms with Gasteiger partial charge in [-0.05, 0) is 13.0 Å². The van der Waals surface area contributed by atoms with Crippen molar-refractivity contribution < 1.29 is 9.66 Å². The number of benzene rings is 1. The van der Waals surface area contributed by atoms with Crippen LogP contribution in [0.2, 0.25) is 0 Å². The zero-order valence-corrected chi connectivity index (χ0v) is 7.69. The first-order chi connectivity index (χ1) is 6.69. The fraction of sp³-hybridized carbons (Fsp3) is 0.250. The van der Waals surface area contributed by atoms with Crippen molar-refractivity contribution in [3.63, 3.8) is 0 Å². The molecule has 0 saturated carbocycles. The lowest BCUT2D eigenvalue weighted by Crippen LogP contribution is -2.07. The summed E-state index contributed by atoms with van der Waals surface area (Å²) in [7, 11) is 0. The van der Waals surface area contributed by atoms with Crippen LogP contribution in [0.4, 0.5) is 11.4 Å². The van der Waals surface area contributed by atoms with Gasteiger partial charge in [0.1, 0.15) is 0 Å². The minimum atomic E-state index is -0.495. The number of nitrogens with two attached hydrogens (primary N) is 1. The zero-order valence-electron chi connectivity index (χ0n) is 7.69. The average Bonchev–Trinajstić information content (AvgIpc) is 2.17. The van der Waals surface area contributed by atoms with Gasteiger partial charge in [0.25, 0.3) is 0 Å². The van der Waals surface area contributed by atoms with E-state index in [0.29, 0.717) is 12.3 Å². The molecule has 0 spiro atoms. The number of nitrogens with one attached hydrogen (secondary N) is 1. The number of nitro groups is 1. The van der Waals surface area contributed by atoms with Gasteiger partial charge >= 0.3 is 5.69 Å². The first-order valence-electron chi connectivity index (χ1n) is 4.07. The van der Waals surface area contributed by atoms with Gasteiger partial charge in [0, 0.05) is 12.1 Å². The molecule has 3 N–H and O–H groups in total. The number of ether oxygens (including phenoxy) is 1. The van der Waals surface area contributed by atoms with Crippen molar-refractivity contribution in [2.24, 2.45) is 5.84 Å². The first-order valence-corrected chi connectivity index (χ1v) is 4.07. The number of nitrogen functional groups attached to an aromatic ring is 1. The second-order valence-corrected chi connectivity index (χ2v) is 2.52. The highest BCUT2D eigenvalue weighted by Crippen LogP contribution is 2.29. The smallest absolute Gasteiger partial charge is 0.311 e. The Kier molecular flexibility index (Phi) is 3.24. The molecule has 0 aromatic heterocycles. The van der Waals surface area contributed by atoms with Gasteiger partial charge in [-0.25, -0.2) is 0 Å². The topological polar surface area (TPSA) is 90.4 Å². The monoisotopic (exact) mass is 197 g/mol. The standard InChI is InChI=1S/C8H11N3O3/c1-2-14-8-5-6(10-9)3-4-7(8)11(12)13/h3-5,10H,2,9H2,1H3. The van der Waals surface area contributed by atoms with Gasteiger partial charge < -0.3 is 10.2 Å². The van der Waals surface area contributed by atoms with Crippen molar-refractivity contribution in [2.75, 3.05) is 12.0 Å². The Bertz CT molecular complexity index is 341. The van der Waals surface area contributed by atoms with Crippen molar-refractivity contribution in [3.05, 3.63) is 28.3 Å². The van der Waals surface area contributed by atoms with Crippen molar-refractivity contribution >= 4 is 11.4 Å². The predicted molar refractivity (Wildman–Crippen MR) is 52.1 cm³/mol. The summed E-state index contributed by atoms with van der Waals surface area (Å²) in [5.41, 5.74) is 2.89. The summed E-state index contributed by atoms with van der Waals surface area (Å²) in [6.07, 6.45) is 0. The molecule has 0 heterocycles. The van der Waals surface area contributed by atoms with E-state index in [0.717, 1.165) is 0 Å². The van der Waals surface area contributed by atoms with Crippen LogP contribution in [0.5, 0.6) is 5.75 Å². The lowest BCUT2D eigenvalue weighted by molar-refractivity contribution is -0.385. The van der Waals surface area contributed by atoms with Crippen LogP contribution in [0.3, 0.4) is 0 Å². The van der Waals surface area contributed by atoms with Gasteiger partial charge in [0.05, 0.1) is 17.2 Å². The second-order valence-electron chi connectivity index (χ2n) is 2.52. The number of nitrogens with zero attached hydrogens (tertiary/aromatic N) is 1. The van der Waals surface area contributed by atoms with E-state index in [9.17, 15) is 10.1 Å². The summed E-state index contributed by atoms with van der Waals surface area (Å²) in [6.45, 7) is 2.13. The second kappa shape index (κ2) is 4.43. The maximum absolute atomic E-state index is 10.6. The molecule has 0 aliphatic carbocycles. The Morgan fingerprint density at radius 1 is 1.64 bits per heavy atom. The SMILES string of the molecule is CCOc1cc(NN)ccc1[N+](=O)[O-]. The zero-order chi connectivity index (χ0) is 10.6. The van der Waals surface area contributed by atoms with Gasteiger partial charge in [0.2, 0.25) is 0 Å². The molecule has 0 aliphatic heterocycles. The minimum Gasteiger partial charge on any atom is -0.487 e. The molecule has 0 radical (unpaired) electrons. The van der Waals surface area contributed by atoms with E-state index in [4.69, 9.17) is 10.6 Å². The van der Waals surface area contributed by atoms with E-state index in [2.05, 4.69) is 5.43 Å². The Balaban J connectivity index is 3.10. The van der Waals surface area contributed by atoms with E-state index < -0.39 is 4.92 Å².